The van der Waals surface area contributed by atoms with Gasteiger partial charge < -0.3 is 5.11 Å². The van der Waals surface area contributed by atoms with Gasteiger partial charge in [0, 0.05) is 31.0 Å². The third kappa shape index (κ3) is 3.14. The molecule has 0 atom stereocenters. The normalized spacial score (nSPS) is 18.4. The molecule has 0 amide bonds. The van der Waals surface area contributed by atoms with Gasteiger partial charge in [-0.1, -0.05) is 20.8 Å². The van der Waals surface area contributed by atoms with E-state index < -0.39 is 34.0 Å². The van der Waals surface area contributed by atoms with Crippen molar-refractivity contribution in [1.29, 1.82) is 0 Å². The van der Waals surface area contributed by atoms with Gasteiger partial charge in [-0.3, -0.25) is 23.5 Å². The predicted molar refractivity (Wildman–Crippen MR) is 111 cm³/mol. The zero-order valence-corrected chi connectivity index (χ0v) is 17.5. The Hall–Kier alpha value is -2.96. The molecule has 154 valence electrons. The number of carbonyl (C=O) groups excluding carboxylic acids is 2. The van der Waals surface area contributed by atoms with Crippen LogP contribution in [0, 0.1) is 12.3 Å². The van der Waals surface area contributed by atoms with Crippen molar-refractivity contribution in [3.63, 3.8) is 0 Å². The molecule has 1 aliphatic rings. The zero-order valence-electron chi connectivity index (χ0n) is 17.5. The maximum atomic E-state index is 13.0. The molecule has 0 spiro atoms. The molecule has 1 aromatic heterocycles. The molecule has 1 aromatic carbocycles. The first kappa shape index (κ1) is 20.8. The molecular weight excluding hydrogens is 372 g/mol. The first-order valence-electron chi connectivity index (χ1n) is 9.77. The third-order valence-corrected chi connectivity index (χ3v) is 5.82. The van der Waals surface area contributed by atoms with Gasteiger partial charge in [-0.05, 0) is 37.5 Å². The number of aryl methyl sites for hydroxylation is 2. The third-order valence-electron chi connectivity index (χ3n) is 5.82. The number of carbonyl (C=O) groups is 2. The lowest BCUT2D eigenvalue weighted by molar-refractivity contribution is -0.130. The first-order chi connectivity index (χ1) is 13.5. The minimum atomic E-state index is -0.736. The molecule has 1 saturated carbocycles. The summed E-state index contributed by atoms with van der Waals surface area (Å²) in [4.78, 5) is 50.8. The molecule has 0 aliphatic heterocycles. The molecule has 0 saturated heterocycles. The van der Waals surface area contributed by atoms with E-state index in [0.717, 1.165) is 0 Å². The molecular formula is C22H26N2O5. The van der Waals surface area contributed by atoms with Crippen molar-refractivity contribution in [2.45, 2.75) is 53.5 Å². The highest BCUT2D eigenvalue weighted by Crippen LogP contribution is 2.37. The lowest BCUT2D eigenvalue weighted by atomic mass is 9.72. The summed E-state index contributed by atoms with van der Waals surface area (Å²) in [6, 6.07) is 3.11. The van der Waals surface area contributed by atoms with E-state index in [2.05, 4.69) is 0 Å². The largest absolute Gasteiger partial charge is 0.506 e. The Balaban J connectivity index is 2.36. The second kappa shape index (κ2) is 7.13. The fourth-order valence-corrected chi connectivity index (χ4v) is 3.93. The van der Waals surface area contributed by atoms with Crippen molar-refractivity contribution >= 4 is 28.2 Å². The Morgan fingerprint density at radius 1 is 1.17 bits per heavy atom. The van der Waals surface area contributed by atoms with E-state index in [0.29, 0.717) is 29.3 Å². The minimum Gasteiger partial charge on any atom is -0.506 e. The van der Waals surface area contributed by atoms with E-state index in [1.807, 2.05) is 6.92 Å². The molecule has 0 unspecified atom stereocenters. The zero-order chi connectivity index (χ0) is 21.7. The maximum absolute atomic E-state index is 13.0. The van der Waals surface area contributed by atoms with Crippen molar-refractivity contribution in [2.75, 3.05) is 0 Å². The number of fused-ring (bicyclic) bond motifs is 1. The molecule has 1 aliphatic carbocycles. The monoisotopic (exact) mass is 398 g/mol. The van der Waals surface area contributed by atoms with Gasteiger partial charge in [0.05, 0.1) is 10.9 Å². The quantitative estimate of drug-likeness (QED) is 0.487. The number of aliphatic hydroxyl groups is 1. The van der Waals surface area contributed by atoms with Crippen molar-refractivity contribution in [3.05, 3.63) is 49.7 Å². The fraction of sp³-hybridized carbons (Fsp3) is 0.455. The lowest BCUT2D eigenvalue weighted by Crippen LogP contribution is -2.39. The topological polar surface area (TPSA) is 98.4 Å². The van der Waals surface area contributed by atoms with E-state index in [-0.39, 0.29) is 24.1 Å². The Morgan fingerprint density at radius 3 is 2.45 bits per heavy atom. The number of ketones is 2. The van der Waals surface area contributed by atoms with Crippen LogP contribution in [0.1, 0.15) is 51.2 Å². The number of nitrogens with zero attached hydrogens (tertiary/aromatic N) is 2. The summed E-state index contributed by atoms with van der Waals surface area (Å²) in [5, 5.41) is 11.2. The van der Waals surface area contributed by atoms with Gasteiger partial charge in [-0.2, -0.15) is 0 Å². The number of hydrogen-bond donors (Lipinski definition) is 1. The summed E-state index contributed by atoms with van der Waals surface area (Å²) in [6.07, 6.45) is 1.23. The Labute approximate surface area is 168 Å². The number of rotatable bonds is 3. The second-order valence-corrected chi connectivity index (χ2v) is 8.29. The summed E-state index contributed by atoms with van der Waals surface area (Å²) in [5.74, 6) is -1.19. The van der Waals surface area contributed by atoms with Gasteiger partial charge in [0.15, 0.2) is 11.6 Å². The number of allylic oxidation sites excluding steroid dienone is 1. The number of hydrogen-bond acceptors (Lipinski definition) is 5. The lowest BCUT2D eigenvalue weighted by Gasteiger charge is -2.29. The average molecular weight is 398 g/mol. The highest BCUT2D eigenvalue weighted by molar-refractivity contribution is 6.27. The molecule has 3 rings (SSSR count). The van der Waals surface area contributed by atoms with Crippen LogP contribution in [0.15, 0.2) is 27.3 Å². The maximum Gasteiger partial charge on any atom is 0.331 e. The summed E-state index contributed by atoms with van der Waals surface area (Å²) in [5.41, 5.74) is -0.662. The van der Waals surface area contributed by atoms with Crippen LogP contribution in [-0.4, -0.2) is 25.8 Å². The predicted octanol–water partition coefficient (Wildman–Crippen LogP) is 2.65. The minimum absolute atomic E-state index is 0.183. The molecule has 1 fully saturated rings. The van der Waals surface area contributed by atoms with E-state index >= 15 is 0 Å². The number of aromatic nitrogens is 2. The number of Topliss-reactive ketones (excluding diaryl/α,β-unsaturated/α-hetero) is 2. The van der Waals surface area contributed by atoms with Crippen molar-refractivity contribution in [1.82, 2.24) is 9.13 Å². The molecule has 0 radical (unpaired) electrons. The van der Waals surface area contributed by atoms with Gasteiger partial charge in [-0.25, -0.2) is 4.79 Å². The van der Waals surface area contributed by atoms with Crippen LogP contribution in [0.25, 0.3) is 16.7 Å². The van der Waals surface area contributed by atoms with Crippen LogP contribution in [0.2, 0.25) is 0 Å². The molecule has 0 bridgehead atoms. The smallest absolute Gasteiger partial charge is 0.331 e. The van der Waals surface area contributed by atoms with Crippen LogP contribution in [0.4, 0.5) is 0 Å². The Morgan fingerprint density at radius 2 is 1.83 bits per heavy atom. The van der Waals surface area contributed by atoms with Gasteiger partial charge in [0.1, 0.15) is 11.3 Å². The number of aliphatic hydroxyl groups excluding tert-OH is 1. The van der Waals surface area contributed by atoms with E-state index in [9.17, 15) is 24.3 Å². The summed E-state index contributed by atoms with van der Waals surface area (Å²) in [7, 11) is 1.59. The van der Waals surface area contributed by atoms with Gasteiger partial charge >= 0.3 is 5.69 Å². The highest BCUT2D eigenvalue weighted by Gasteiger charge is 2.40. The van der Waals surface area contributed by atoms with E-state index in [1.54, 1.807) is 40.0 Å². The SMILES string of the molecule is CCCn1c(=O)c2c(C)c(C(O)=C3C(=O)CCC(C)(C)C3=O)ccc2n(C)c1=O. The van der Waals surface area contributed by atoms with Crippen LogP contribution in [0.3, 0.4) is 0 Å². The van der Waals surface area contributed by atoms with E-state index in [1.165, 1.54) is 9.13 Å². The highest BCUT2D eigenvalue weighted by atomic mass is 16.3. The van der Waals surface area contributed by atoms with Crippen LogP contribution in [-0.2, 0) is 23.2 Å². The molecule has 7 nitrogen and oxygen atoms in total. The van der Waals surface area contributed by atoms with Crippen molar-refractivity contribution in [3.8, 4) is 0 Å². The molecule has 1 N–H and O–H groups in total. The van der Waals surface area contributed by atoms with Gasteiger partial charge in [0.25, 0.3) is 5.56 Å². The average Bonchev–Trinajstić information content (AvgIpc) is 2.66. The second-order valence-electron chi connectivity index (χ2n) is 8.29. The molecule has 2 aromatic rings. The molecule has 29 heavy (non-hydrogen) atoms. The molecule has 1 heterocycles. The molecule has 7 heteroatoms. The van der Waals surface area contributed by atoms with Crippen molar-refractivity contribution in [2.24, 2.45) is 12.5 Å². The summed E-state index contributed by atoms with van der Waals surface area (Å²) < 4.78 is 2.57. The number of benzene rings is 1. The fourth-order valence-electron chi connectivity index (χ4n) is 3.93. The Bertz CT molecular complexity index is 1190. The van der Waals surface area contributed by atoms with Crippen LogP contribution < -0.4 is 11.2 Å². The van der Waals surface area contributed by atoms with E-state index in [4.69, 9.17) is 0 Å². The summed E-state index contributed by atoms with van der Waals surface area (Å²) >= 11 is 0. The standard InChI is InChI=1S/C22H26N2O5/c1-6-11-24-20(28)16-12(2)13(7-8-14(16)23(5)21(24)29)18(26)17-15(25)9-10-22(3,4)19(17)27/h7-8,26H,6,9-11H2,1-5H3. The van der Waals surface area contributed by atoms with Crippen molar-refractivity contribution < 1.29 is 14.7 Å². The Kier molecular flexibility index (Phi) is 5.11. The first-order valence-corrected chi connectivity index (χ1v) is 9.77. The summed E-state index contributed by atoms with van der Waals surface area (Å²) in [6.45, 7) is 7.31. The van der Waals surface area contributed by atoms with Crippen LogP contribution >= 0.6 is 0 Å². The van der Waals surface area contributed by atoms with Crippen LogP contribution in [0.5, 0.6) is 0 Å². The van der Waals surface area contributed by atoms with Gasteiger partial charge in [-0.15, -0.1) is 0 Å². The van der Waals surface area contributed by atoms with Gasteiger partial charge in [0.2, 0.25) is 0 Å².